The molecule has 1 unspecified atom stereocenters. The van der Waals surface area contributed by atoms with E-state index in [1.54, 1.807) is 21.3 Å². The van der Waals surface area contributed by atoms with Crippen LogP contribution in [-0.2, 0) is 46.5 Å². The molecule has 37 heavy (non-hydrogen) atoms. The first kappa shape index (κ1) is 36.5. The van der Waals surface area contributed by atoms with E-state index in [-0.39, 0.29) is 31.3 Å². The van der Waals surface area contributed by atoms with Crippen molar-refractivity contribution >= 4 is 14.2 Å². The maximum Gasteiger partial charge on any atom is 0.575 e. The number of unbranched alkanes of at least 4 members (excludes halogenated alkanes) is 6. The first-order valence-electron chi connectivity index (χ1n) is 13.7. The molecule has 10 nitrogen and oxygen atoms in total. The molecule has 0 bridgehead atoms. The summed E-state index contributed by atoms with van der Waals surface area (Å²) in [6.45, 7) is 8.02. The number of ether oxygens (including phenoxy) is 6. The van der Waals surface area contributed by atoms with Crippen LogP contribution in [0.1, 0.15) is 65.2 Å². The van der Waals surface area contributed by atoms with Crippen LogP contribution in [0, 0.1) is 0 Å². The first-order valence-corrected chi connectivity index (χ1v) is 15.5. The van der Waals surface area contributed by atoms with Crippen molar-refractivity contribution in [2.45, 2.75) is 71.3 Å². The van der Waals surface area contributed by atoms with E-state index in [1.807, 2.05) is 6.92 Å². The topological polar surface area (TPSA) is 100 Å². The molecule has 0 aliphatic heterocycles. The first-order chi connectivity index (χ1) is 18.1. The van der Waals surface area contributed by atoms with Gasteiger partial charge < -0.3 is 41.7 Å². The fraction of sp³-hybridized carbons (Fsp3) is 0.962. The van der Waals surface area contributed by atoms with E-state index in [0.717, 1.165) is 19.3 Å². The number of hydrogen-bond donors (Lipinski definition) is 0. The smallest absolute Gasteiger partial charge is 0.382 e. The maximum absolute atomic E-state index is 13.5. The average Bonchev–Trinajstić information content (AvgIpc) is 2.90. The van der Waals surface area contributed by atoms with Crippen LogP contribution in [0.15, 0.2) is 0 Å². The third kappa shape index (κ3) is 21.1. The molecule has 0 N–H and O–H groups in total. The number of carbonyl (C=O) groups excluding carboxylic acids is 1. The van der Waals surface area contributed by atoms with Gasteiger partial charge in [-0.15, -0.1) is 0 Å². The van der Waals surface area contributed by atoms with Gasteiger partial charge in [-0.1, -0.05) is 45.4 Å². The molecule has 0 heterocycles. The van der Waals surface area contributed by atoms with Gasteiger partial charge in [0.2, 0.25) is 5.41 Å². The third-order valence-corrected chi connectivity index (χ3v) is 8.10. The van der Waals surface area contributed by atoms with Gasteiger partial charge in [-0.25, -0.2) is 0 Å². The fourth-order valence-electron chi connectivity index (χ4n) is 3.33. The van der Waals surface area contributed by atoms with Gasteiger partial charge >= 0.3 is 8.80 Å². The van der Waals surface area contributed by atoms with Crippen molar-refractivity contribution in [3.63, 3.8) is 0 Å². The molecule has 0 aromatic rings. The quantitative estimate of drug-likeness (QED) is 0.0967. The molecule has 0 fully saturated rings. The lowest BCUT2D eigenvalue weighted by Crippen LogP contribution is -2.56. The summed E-state index contributed by atoms with van der Waals surface area (Å²) in [7, 11) is 1.16. The minimum Gasteiger partial charge on any atom is -0.382 e. The van der Waals surface area contributed by atoms with Crippen LogP contribution in [0.5, 0.6) is 0 Å². The van der Waals surface area contributed by atoms with Crippen LogP contribution < -0.4 is 0 Å². The molecule has 0 radical (unpaired) electrons. The molecular weight excluding hydrogens is 500 g/mol. The highest BCUT2D eigenvalue weighted by atomic mass is 28.4. The predicted octanol–water partition coefficient (Wildman–Crippen LogP) is 3.60. The van der Waals surface area contributed by atoms with Crippen molar-refractivity contribution in [2.75, 3.05) is 94.0 Å². The molecule has 222 valence electrons. The maximum atomic E-state index is 13.5. The molecule has 0 rings (SSSR count). The lowest BCUT2D eigenvalue weighted by molar-refractivity contribution is -0.121. The molecule has 1 atom stereocenters. The number of hydrogen-bond acceptors (Lipinski definition) is 10. The summed E-state index contributed by atoms with van der Waals surface area (Å²) in [5, 5.41) is -0.112. The minimum absolute atomic E-state index is 0.112. The Kier molecular flexibility index (Phi) is 26.8. The van der Waals surface area contributed by atoms with Crippen molar-refractivity contribution < 1.29 is 46.5 Å². The van der Waals surface area contributed by atoms with Crippen molar-refractivity contribution in [1.29, 1.82) is 0 Å². The Bertz CT molecular complexity index is 482. The van der Waals surface area contributed by atoms with E-state index in [4.69, 9.17) is 41.7 Å². The normalized spacial score (nSPS) is 12.8. The van der Waals surface area contributed by atoms with Gasteiger partial charge in [-0.05, 0) is 13.3 Å². The molecule has 0 saturated heterocycles. The molecule has 0 aromatic carbocycles. The second kappa shape index (κ2) is 27.1. The van der Waals surface area contributed by atoms with Gasteiger partial charge in [0.05, 0.1) is 78.8 Å². The zero-order valence-electron chi connectivity index (χ0n) is 24.1. The van der Waals surface area contributed by atoms with E-state index in [0.29, 0.717) is 59.3 Å². The van der Waals surface area contributed by atoms with Gasteiger partial charge in [0.1, 0.15) is 0 Å². The molecule has 0 aromatic heterocycles. The molecule has 0 aliphatic carbocycles. The molecule has 0 saturated carbocycles. The van der Waals surface area contributed by atoms with Crippen LogP contribution in [0.3, 0.4) is 0 Å². The van der Waals surface area contributed by atoms with Crippen molar-refractivity contribution in [3.8, 4) is 0 Å². The van der Waals surface area contributed by atoms with Crippen LogP contribution >= 0.6 is 0 Å². The summed E-state index contributed by atoms with van der Waals surface area (Å²) < 4.78 is 50.2. The van der Waals surface area contributed by atoms with Gasteiger partial charge in [0, 0.05) is 27.8 Å². The Morgan fingerprint density at radius 1 is 0.622 bits per heavy atom. The lowest BCUT2D eigenvalue weighted by Gasteiger charge is -2.29. The molecule has 11 heteroatoms. The molecular formula is C26H54O10Si. The Hall–Kier alpha value is -0.473. The van der Waals surface area contributed by atoms with Crippen molar-refractivity contribution in [2.24, 2.45) is 0 Å². The second-order valence-corrected chi connectivity index (χ2v) is 11.3. The predicted molar refractivity (Wildman–Crippen MR) is 144 cm³/mol. The summed E-state index contributed by atoms with van der Waals surface area (Å²) in [5.74, 6) is 0. The second-order valence-electron chi connectivity index (χ2n) is 8.74. The zero-order valence-corrected chi connectivity index (χ0v) is 25.1. The van der Waals surface area contributed by atoms with E-state index in [1.165, 1.54) is 25.7 Å². The SMILES string of the molecule is CCCCCCCCCC(=O)[Si](OCCOCCOC)(OCCOCCOC)OCC(C)OCCOC. The Morgan fingerprint density at radius 2 is 1.11 bits per heavy atom. The monoisotopic (exact) mass is 554 g/mol. The minimum atomic E-state index is -3.70. The standard InChI is InChI=1S/C26H54O10Si/c1-6-7-8-9-10-11-12-13-26(27)37(34-22-19-31-17-14-28-3,35-23-20-32-18-15-29-4)36-24-25(2)33-21-16-30-5/h25H,6-24H2,1-5H3. The van der Waals surface area contributed by atoms with Crippen LogP contribution in [0.2, 0.25) is 0 Å². The highest BCUT2D eigenvalue weighted by Gasteiger charge is 2.50. The summed E-state index contributed by atoms with van der Waals surface area (Å²) in [5.41, 5.74) is 0. The highest BCUT2D eigenvalue weighted by Crippen LogP contribution is 2.18. The highest BCUT2D eigenvalue weighted by molar-refractivity contribution is 6.92. The van der Waals surface area contributed by atoms with E-state index < -0.39 is 8.80 Å². The van der Waals surface area contributed by atoms with Crippen LogP contribution in [0.25, 0.3) is 0 Å². The van der Waals surface area contributed by atoms with Crippen molar-refractivity contribution in [3.05, 3.63) is 0 Å². The van der Waals surface area contributed by atoms with Crippen LogP contribution in [-0.4, -0.2) is 114 Å². The van der Waals surface area contributed by atoms with Gasteiger partial charge in [-0.2, -0.15) is 0 Å². The third-order valence-electron chi connectivity index (χ3n) is 5.45. The summed E-state index contributed by atoms with van der Waals surface area (Å²) in [4.78, 5) is 13.5. The van der Waals surface area contributed by atoms with Crippen molar-refractivity contribution in [1.82, 2.24) is 0 Å². The summed E-state index contributed by atoms with van der Waals surface area (Å²) in [6.07, 6.45) is 7.92. The van der Waals surface area contributed by atoms with Crippen LogP contribution in [0.4, 0.5) is 0 Å². The molecule has 0 aliphatic rings. The summed E-state index contributed by atoms with van der Waals surface area (Å²) in [6, 6.07) is 0. The van der Waals surface area contributed by atoms with E-state index in [9.17, 15) is 4.79 Å². The number of rotatable bonds is 30. The fourth-order valence-corrected chi connectivity index (χ4v) is 5.70. The lowest BCUT2D eigenvalue weighted by atomic mass is 10.1. The molecule has 0 amide bonds. The Balaban J connectivity index is 5.13. The number of methoxy groups -OCH3 is 3. The Morgan fingerprint density at radius 3 is 1.65 bits per heavy atom. The zero-order chi connectivity index (χ0) is 27.5. The number of carbonyl (C=O) groups is 1. The largest absolute Gasteiger partial charge is 0.575 e. The van der Waals surface area contributed by atoms with E-state index in [2.05, 4.69) is 6.92 Å². The van der Waals surface area contributed by atoms with Gasteiger partial charge in [0.15, 0.2) is 0 Å². The van der Waals surface area contributed by atoms with Gasteiger partial charge in [0.25, 0.3) is 0 Å². The summed E-state index contributed by atoms with van der Waals surface area (Å²) >= 11 is 0. The van der Waals surface area contributed by atoms with Gasteiger partial charge in [-0.3, -0.25) is 4.79 Å². The van der Waals surface area contributed by atoms with E-state index >= 15 is 0 Å². The molecule has 0 spiro atoms. The Labute approximate surface area is 226 Å². The average molecular weight is 555 g/mol.